The van der Waals surface area contributed by atoms with Crippen LogP contribution in [0.15, 0.2) is 38.8 Å². The third kappa shape index (κ3) is 3.33. The van der Waals surface area contributed by atoms with Gasteiger partial charge in [-0.15, -0.1) is 0 Å². The summed E-state index contributed by atoms with van der Waals surface area (Å²) in [7, 11) is 3.13. The van der Waals surface area contributed by atoms with Gasteiger partial charge in [0.05, 0.1) is 16.8 Å². The Morgan fingerprint density at radius 1 is 1.14 bits per heavy atom. The van der Waals surface area contributed by atoms with Gasteiger partial charge in [0.15, 0.2) is 5.82 Å². The van der Waals surface area contributed by atoms with E-state index in [0.29, 0.717) is 54.4 Å². The number of aromatic amines is 1. The van der Waals surface area contributed by atoms with Crippen LogP contribution >= 0.6 is 0 Å². The van der Waals surface area contributed by atoms with Crippen molar-refractivity contribution < 1.29 is 0 Å². The molecule has 9 nitrogen and oxygen atoms in total. The number of rotatable bonds is 3. The molecule has 1 N–H and O–H groups in total. The van der Waals surface area contributed by atoms with Gasteiger partial charge in [-0.3, -0.25) is 24.0 Å². The van der Waals surface area contributed by atoms with Crippen LogP contribution in [0.25, 0.3) is 11.5 Å². The Morgan fingerprint density at radius 3 is 2.66 bits per heavy atom. The molecule has 0 spiro atoms. The zero-order valence-corrected chi connectivity index (χ0v) is 16.6. The van der Waals surface area contributed by atoms with Crippen molar-refractivity contribution in [1.29, 1.82) is 0 Å². The monoisotopic (exact) mass is 394 g/mol. The highest BCUT2D eigenvalue weighted by Gasteiger charge is 2.24. The van der Waals surface area contributed by atoms with Crippen molar-refractivity contribution >= 4 is 0 Å². The molecule has 150 valence electrons. The molecule has 1 aliphatic heterocycles. The molecule has 0 atom stereocenters. The standard InChI is InChI=1S/C20H22N6O3/c1-12-13(19(28)25(3)20(29)24(12)2)10-26-9-7-15-14(11-26)18(27)23-17(22-15)16-6-4-5-8-21-16/h4-6,8H,7,9-11H2,1-3H3,(H,22,23,27). The lowest BCUT2D eigenvalue weighted by Gasteiger charge is -2.28. The molecule has 0 aliphatic carbocycles. The predicted octanol–water partition coefficient (Wildman–Crippen LogP) is 0.0960. The van der Waals surface area contributed by atoms with Crippen LogP contribution in [0.3, 0.4) is 0 Å². The molecule has 0 aromatic carbocycles. The van der Waals surface area contributed by atoms with E-state index < -0.39 is 0 Å². The summed E-state index contributed by atoms with van der Waals surface area (Å²) in [5.41, 5.74) is 2.36. The molecule has 1 aliphatic rings. The normalized spacial score (nSPS) is 14.0. The van der Waals surface area contributed by atoms with Gasteiger partial charge in [-0.1, -0.05) is 6.07 Å². The fourth-order valence-corrected chi connectivity index (χ4v) is 3.66. The van der Waals surface area contributed by atoms with E-state index >= 15 is 0 Å². The predicted molar refractivity (Wildman–Crippen MR) is 108 cm³/mol. The van der Waals surface area contributed by atoms with Crippen LogP contribution in [0.5, 0.6) is 0 Å². The smallest absolute Gasteiger partial charge is 0.305 e. The quantitative estimate of drug-likeness (QED) is 0.675. The Morgan fingerprint density at radius 2 is 1.93 bits per heavy atom. The largest absolute Gasteiger partial charge is 0.330 e. The number of pyridine rings is 1. The molecular weight excluding hydrogens is 372 g/mol. The van der Waals surface area contributed by atoms with Crippen LogP contribution in [-0.4, -0.2) is 35.5 Å². The SMILES string of the molecule is Cc1c(CN2CCc3nc(-c4ccccn4)[nH]c(=O)c3C2)c(=O)n(C)c(=O)n1C. The fourth-order valence-electron chi connectivity index (χ4n) is 3.66. The zero-order chi connectivity index (χ0) is 20.7. The maximum Gasteiger partial charge on any atom is 0.330 e. The Balaban J connectivity index is 1.65. The summed E-state index contributed by atoms with van der Waals surface area (Å²) in [5, 5.41) is 0. The van der Waals surface area contributed by atoms with E-state index in [2.05, 4.69) is 15.0 Å². The van der Waals surface area contributed by atoms with Gasteiger partial charge in [0, 0.05) is 52.0 Å². The van der Waals surface area contributed by atoms with E-state index in [1.165, 1.54) is 11.6 Å². The molecule has 0 unspecified atom stereocenters. The fraction of sp³-hybridized carbons (Fsp3) is 0.350. The van der Waals surface area contributed by atoms with Crippen LogP contribution in [0, 0.1) is 6.92 Å². The number of hydrogen-bond acceptors (Lipinski definition) is 6. The second-order valence-electron chi connectivity index (χ2n) is 7.29. The third-order valence-corrected chi connectivity index (χ3v) is 5.51. The Labute approximate surface area is 166 Å². The molecule has 0 saturated carbocycles. The van der Waals surface area contributed by atoms with Crippen molar-refractivity contribution in [3.63, 3.8) is 0 Å². The number of nitrogens with zero attached hydrogens (tertiary/aromatic N) is 5. The minimum absolute atomic E-state index is 0.189. The van der Waals surface area contributed by atoms with Gasteiger partial charge in [-0.2, -0.15) is 0 Å². The average Bonchev–Trinajstić information content (AvgIpc) is 2.74. The lowest BCUT2D eigenvalue weighted by Crippen LogP contribution is -2.43. The van der Waals surface area contributed by atoms with Crippen molar-refractivity contribution in [3.05, 3.63) is 78.1 Å². The first-order chi connectivity index (χ1) is 13.9. The maximum absolute atomic E-state index is 12.7. The number of H-pyrrole nitrogens is 1. The summed E-state index contributed by atoms with van der Waals surface area (Å²) in [6, 6.07) is 5.46. The van der Waals surface area contributed by atoms with E-state index in [9.17, 15) is 14.4 Å². The second kappa shape index (κ2) is 7.25. The minimum atomic E-state index is -0.345. The third-order valence-electron chi connectivity index (χ3n) is 5.51. The van der Waals surface area contributed by atoms with Crippen LogP contribution in [0.2, 0.25) is 0 Å². The number of hydrogen-bond donors (Lipinski definition) is 1. The van der Waals surface area contributed by atoms with Gasteiger partial charge in [0.1, 0.15) is 5.69 Å². The van der Waals surface area contributed by atoms with Gasteiger partial charge in [0.25, 0.3) is 11.1 Å². The lowest BCUT2D eigenvalue weighted by atomic mass is 10.1. The van der Waals surface area contributed by atoms with Crippen LogP contribution < -0.4 is 16.8 Å². The lowest BCUT2D eigenvalue weighted by molar-refractivity contribution is 0.239. The topological polar surface area (TPSA) is 106 Å². The average molecular weight is 394 g/mol. The van der Waals surface area contributed by atoms with Crippen LogP contribution in [0.4, 0.5) is 0 Å². The van der Waals surface area contributed by atoms with Crippen molar-refractivity contribution in [1.82, 2.24) is 29.0 Å². The number of nitrogens with one attached hydrogen (secondary N) is 1. The van der Waals surface area contributed by atoms with E-state index in [1.54, 1.807) is 26.2 Å². The second-order valence-corrected chi connectivity index (χ2v) is 7.29. The van der Waals surface area contributed by atoms with Crippen molar-refractivity contribution in [2.45, 2.75) is 26.4 Å². The molecule has 0 fully saturated rings. The summed E-state index contributed by atoms with van der Waals surface area (Å²) < 4.78 is 2.59. The Kier molecular flexibility index (Phi) is 4.75. The molecule has 4 rings (SSSR count). The molecule has 9 heteroatoms. The molecule has 0 saturated heterocycles. The van der Waals surface area contributed by atoms with Gasteiger partial charge < -0.3 is 9.55 Å². The van der Waals surface area contributed by atoms with E-state index in [0.717, 1.165) is 10.3 Å². The summed E-state index contributed by atoms with van der Waals surface area (Å²) in [4.78, 5) is 51.0. The van der Waals surface area contributed by atoms with Crippen molar-refractivity contribution in [2.24, 2.45) is 14.1 Å². The summed E-state index contributed by atoms with van der Waals surface area (Å²) >= 11 is 0. The minimum Gasteiger partial charge on any atom is -0.305 e. The molecule has 0 bridgehead atoms. The van der Waals surface area contributed by atoms with Crippen LogP contribution in [-0.2, 0) is 33.6 Å². The summed E-state index contributed by atoms with van der Waals surface area (Å²) in [6.07, 6.45) is 2.26. The first-order valence-electron chi connectivity index (χ1n) is 9.38. The van der Waals surface area contributed by atoms with Crippen molar-refractivity contribution in [2.75, 3.05) is 6.54 Å². The highest BCUT2D eigenvalue weighted by molar-refractivity contribution is 5.49. The highest BCUT2D eigenvalue weighted by atomic mass is 16.2. The zero-order valence-electron chi connectivity index (χ0n) is 16.6. The molecule has 0 radical (unpaired) electrons. The Hall–Kier alpha value is -3.33. The van der Waals surface area contributed by atoms with Gasteiger partial charge in [0.2, 0.25) is 0 Å². The Bertz CT molecular complexity index is 1260. The first-order valence-corrected chi connectivity index (χ1v) is 9.38. The molecule has 3 aromatic rings. The number of aromatic nitrogens is 5. The van der Waals surface area contributed by atoms with Crippen molar-refractivity contribution in [3.8, 4) is 11.5 Å². The summed E-state index contributed by atoms with van der Waals surface area (Å²) in [5.74, 6) is 0.463. The molecular formula is C20H22N6O3. The van der Waals surface area contributed by atoms with E-state index in [4.69, 9.17) is 0 Å². The molecule has 4 heterocycles. The van der Waals surface area contributed by atoms with Gasteiger partial charge in [-0.05, 0) is 19.1 Å². The summed E-state index contributed by atoms with van der Waals surface area (Å²) in [6.45, 7) is 3.19. The highest BCUT2D eigenvalue weighted by Crippen LogP contribution is 2.18. The molecule has 3 aromatic heterocycles. The molecule has 29 heavy (non-hydrogen) atoms. The maximum atomic E-state index is 12.7. The molecule has 0 amide bonds. The first kappa shape index (κ1) is 19.0. The van der Waals surface area contributed by atoms with Crippen LogP contribution in [0.1, 0.15) is 22.5 Å². The van der Waals surface area contributed by atoms with Gasteiger partial charge in [-0.25, -0.2) is 9.78 Å². The van der Waals surface area contributed by atoms with E-state index in [-0.39, 0.29) is 16.8 Å². The number of fused-ring (bicyclic) bond motifs is 1. The van der Waals surface area contributed by atoms with E-state index in [1.807, 2.05) is 17.0 Å². The van der Waals surface area contributed by atoms with Gasteiger partial charge >= 0.3 is 5.69 Å².